The number of aromatic nitrogens is 2. The van der Waals surface area contributed by atoms with E-state index in [9.17, 15) is 4.79 Å². The Hall–Kier alpha value is -2.30. The first-order chi connectivity index (χ1) is 10.6. The average molecular weight is 301 g/mol. The second-order valence-electron chi connectivity index (χ2n) is 5.64. The third-order valence-electron chi connectivity index (χ3n) is 3.14. The highest BCUT2D eigenvalue weighted by atomic mass is 16.5. The van der Waals surface area contributed by atoms with E-state index >= 15 is 0 Å². The molecular weight excluding hydrogens is 278 g/mol. The summed E-state index contributed by atoms with van der Waals surface area (Å²) >= 11 is 0. The molecule has 1 amide bonds. The van der Waals surface area contributed by atoms with E-state index in [0.29, 0.717) is 24.6 Å². The molecule has 22 heavy (non-hydrogen) atoms. The predicted octanol–water partition coefficient (Wildman–Crippen LogP) is 2.74. The topological polar surface area (TPSA) is 56.1 Å². The third kappa shape index (κ3) is 5.24. The molecule has 1 aromatic heterocycles. The van der Waals surface area contributed by atoms with Crippen LogP contribution in [0.25, 0.3) is 0 Å². The fraction of sp³-hybridized carbons (Fsp3) is 0.412. The van der Waals surface area contributed by atoms with Crippen molar-refractivity contribution in [1.82, 2.24) is 14.9 Å². The van der Waals surface area contributed by atoms with Crippen LogP contribution in [0.3, 0.4) is 0 Å². The van der Waals surface area contributed by atoms with E-state index in [-0.39, 0.29) is 5.91 Å². The number of hydrogen-bond acceptors (Lipinski definition) is 3. The molecule has 0 aliphatic carbocycles. The van der Waals surface area contributed by atoms with E-state index in [2.05, 4.69) is 24.1 Å². The lowest BCUT2D eigenvalue weighted by atomic mass is 10.2. The standard InChI is InChI=1S/C17H23N3O2/c1-14(2)12-22-16-6-4-15(5-7-16)17(21)19-8-3-10-20-11-9-18-13-20/h4-7,9,11,13-14H,3,8,10,12H2,1-2H3,(H,19,21). The molecule has 0 radical (unpaired) electrons. The first-order valence-corrected chi connectivity index (χ1v) is 7.62. The van der Waals surface area contributed by atoms with Crippen molar-refractivity contribution in [3.05, 3.63) is 48.5 Å². The SMILES string of the molecule is CC(C)COc1ccc(C(=O)NCCCn2ccnc2)cc1. The van der Waals surface area contributed by atoms with E-state index in [0.717, 1.165) is 18.7 Å². The van der Waals surface area contributed by atoms with Gasteiger partial charge in [-0.15, -0.1) is 0 Å². The number of amides is 1. The van der Waals surface area contributed by atoms with Crippen LogP contribution in [0.2, 0.25) is 0 Å². The van der Waals surface area contributed by atoms with Gasteiger partial charge in [0.2, 0.25) is 0 Å². The van der Waals surface area contributed by atoms with Gasteiger partial charge >= 0.3 is 0 Å². The number of imidazole rings is 1. The number of aryl methyl sites for hydroxylation is 1. The minimum absolute atomic E-state index is 0.0546. The Labute approximate surface area is 131 Å². The Kier molecular flexibility index (Phi) is 6.01. The fourth-order valence-electron chi connectivity index (χ4n) is 1.95. The summed E-state index contributed by atoms with van der Waals surface area (Å²) in [6.45, 7) is 6.38. The van der Waals surface area contributed by atoms with Crippen molar-refractivity contribution in [2.75, 3.05) is 13.2 Å². The maximum absolute atomic E-state index is 12.0. The number of ether oxygens (including phenoxy) is 1. The van der Waals surface area contributed by atoms with Crippen LogP contribution in [-0.2, 0) is 6.54 Å². The summed E-state index contributed by atoms with van der Waals surface area (Å²) in [5.41, 5.74) is 0.652. The molecule has 1 heterocycles. The largest absolute Gasteiger partial charge is 0.493 e. The summed E-state index contributed by atoms with van der Waals surface area (Å²) in [5, 5.41) is 2.92. The van der Waals surface area contributed by atoms with Gasteiger partial charge in [-0.1, -0.05) is 13.8 Å². The van der Waals surface area contributed by atoms with Gasteiger partial charge in [0.15, 0.2) is 0 Å². The van der Waals surface area contributed by atoms with Crippen LogP contribution in [-0.4, -0.2) is 28.6 Å². The van der Waals surface area contributed by atoms with Gasteiger partial charge in [-0.05, 0) is 36.6 Å². The van der Waals surface area contributed by atoms with Gasteiger partial charge in [-0.3, -0.25) is 4.79 Å². The molecule has 0 atom stereocenters. The fourth-order valence-corrected chi connectivity index (χ4v) is 1.95. The zero-order valence-corrected chi connectivity index (χ0v) is 13.2. The highest BCUT2D eigenvalue weighted by molar-refractivity contribution is 5.94. The van der Waals surface area contributed by atoms with Crippen molar-refractivity contribution in [2.45, 2.75) is 26.8 Å². The Morgan fingerprint density at radius 1 is 1.32 bits per heavy atom. The molecule has 1 aromatic carbocycles. The Bertz CT molecular complexity index is 562. The molecule has 0 aliphatic rings. The molecule has 0 saturated carbocycles. The summed E-state index contributed by atoms with van der Waals surface area (Å²) in [7, 11) is 0. The van der Waals surface area contributed by atoms with Crippen molar-refractivity contribution in [1.29, 1.82) is 0 Å². The predicted molar refractivity (Wildman–Crippen MR) is 86.0 cm³/mol. The number of rotatable bonds is 8. The number of nitrogens with one attached hydrogen (secondary N) is 1. The zero-order chi connectivity index (χ0) is 15.8. The highest BCUT2D eigenvalue weighted by Crippen LogP contribution is 2.13. The van der Waals surface area contributed by atoms with Gasteiger partial charge in [0.05, 0.1) is 12.9 Å². The smallest absolute Gasteiger partial charge is 0.251 e. The van der Waals surface area contributed by atoms with Gasteiger partial charge in [-0.2, -0.15) is 0 Å². The zero-order valence-electron chi connectivity index (χ0n) is 13.2. The van der Waals surface area contributed by atoms with Crippen LogP contribution in [0.1, 0.15) is 30.6 Å². The monoisotopic (exact) mass is 301 g/mol. The molecular formula is C17H23N3O2. The van der Waals surface area contributed by atoms with E-state index < -0.39 is 0 Å². The van der Waals surface area contributed by atoms with Crippen molar-refractivity contribution >= 4 is 5.91 Å². The van der Waals surface area contributed by atoms with Gasteiger partial charge in [0, 0.05) is 31.0 Å². The summed E-state index contributed by atoms with van der Waals surface area (Å²) in [6, 6.07) is 7.26. The van der Waals surface area contributed by atoms with Crippen molar-refractivity contribution in [3.63, 3.8) is 0 Å². The van der Waals surface area contributed by atoms with Crippen molar-refractivity contribution < 1.29 is 9.53 Å². The minimum atomic E-state index is -0.0546. The maximum Gasteiger partial charge on any atom is 0.251 e. The molecule has 0 unspecified atom stereocenters. The molecule has 0 bridgehead atoms. The second-order valence-corrected chi connectivity index (χ2v) is 5.64. The van der Waals surface area contributed by atoms with Crippen LogP contribution in [0, 0.1) is 5.92 Å². The quantitative estimate of drug-likeness (QED) is 0.763. The van der Waals surface area contributed by atoms with Crippen LogP contribution < -0.4 is 10.1 Å². The summed E-state index contributed by atoms with van der Waals surface area (Å²) in [6.07, 6.45) is 6.31. The van der Waals surface area contributed by atoms with Crippen LogP contribution in [0.5, 0.6) is 5.75 Å². The van der Waals surface area contributed by atoms with Gasteiger partial charge in [0.1, 0.15) is 5.75 Å². The number of carbonyl (C=O) groups is 1. The molecule has 0 saturated heterocycles. The van der Waals surface area contributed by atoms with E-state index in [4.69, 9.17) is 4.74 Å². The lowest BCUT2D eigenvalue weighted by Gasteiger charge is -2.09. The van der Waals surface area contributed by atoms with Crippen molar-refractivity contribution in [2.24, 2.45) is 5.92 Å². The minimum Gasteiger partial charge on any atom is -0.493 e. The first-order valence-electron chi connectivity index (χ1n) is 7.62. The third-order valence-corrected chi connectivity index (χ3v) is 3.14. The van der Waals surface area contributed by atoms with Crippen molar-refractivity contribution in [3.8, 4) is 5.75 Å². The van der Waals surface area contributed by atoms with E-state index in [1.807, 2.05) is 22.9 Å². The van der Waals surface area contributed by atoms with Crippen LogP contribution in [0.4, 0.5) is 0 Å². The lowest BCUT2D eigenvalue weighted by molar-refractivity contribution is 0.0952. The number of carbonyl (C=O) groups excluding carboxylic acids is 1. The average Bonchev–Trinajstić information content (AvgIpc) is 3.03. The van der Waals surface area contributed by atoms with Crippen LogP contribution in [0.15, 0.2) is 43.0 Å². The lowest BCUT2D eigenvalue weighted by Crippen LogP contribution is -2.25. The number of benzene rings is 1. The van der Waals surface area contributed by atoms with Crippen LogP contribution >= 0.6 is 0 Å². The molecule has 0 spiro atoms. The second kappa shape index (κ2) is 8.22. The Balaban J connectivity index is 1.72. The number of hydrogen-bond donors (Lipinski definition) is 1. The maximum atomic E-state index is 12.0. The molecule has 0 fully saturated rings. The normalized spacial score (nSPS) is 10.7. The van der Waals surface area contributed by atoms with E-state index in [1.54, 1.807) is 24.7 Å². The highest BCUT2D eigenvalue weighted by Gasteiger charge is 2.05. The molecule has 5 nitrogen and oxygen atoms in total. The molecule has 2 rings (SSSR count). The first kappa shape index (κ1) is 16.1. The van der Waals surface area contributed by atoms with Gasteiger partial charge in [-0.25, -0.2) is 4.98 Å². The Morgan fingerprint density at radius 2 is 2.09 bits per heavy atom. The number of nitrogens with zero attached hydrogens (tertiary/aromatic N) is 2. The molecule has 118 valence electrons. The molecule has 1 N–H and O–H groups in total. The van der Waals surface area contributed by atoms with E-state index in [1.165, 1.54) is 0 Å². The molecule has 5 heteroatoms. The summed E-state index contributed by atoms with van der Waals surface area (Å²) in [4.78, 5) is 16.0. The molecule has 2 aromatic rings. The summed E-state index contributed by atoms with van der Waals surface area (Å²) in [5.74, 6) is 1.23. The van der Waals surface area contributed by atoms with Gasteiger partial charge in [0.25, 0.3) is 5.91 Å². The Morgan fingerprint density at radius 3 is 2.73 bits per heavy atom. The summed E-state index contributed by atoms with van der Waals surface area (Å²) < 4.78 is 7.59. The molecule has 0 aliphatic heterocycles. The van der Waals surface area contributed by atoms with Gasteiger partial charge < -0.3 is 14.6 Å².